The van der Waals surface area contributed by atoms with E-state index < -0.39 is 4.92 Å². The smallest absolute Gasteiger partial charge is 0.270 e. The van der Waals surface area contributed by atoms with Gasteiger partial charge in [-0.1, -0.05) is 11.6 Å². The van der Waals surface area contributed by atoms with Gasteiger partial charge in [-0.05, 0) is 31.5 Å². The summed E-state index contributed by atoms with van der Waals surface area (Å²) < 4.78 is 0. The van der Waals surface area contributed by atoms with E-state index in [1.54, 1.807) is 18.2 Å². The first-order chi connectivity index (χ1) is 13.8. The summed E-state index contributed by atoms with van der Waals surface area (Å²) in [5, 5.41) is 23.1. The molecule has 0 unspecified atom stereocenters. The molecule has 1 heterocycles. The van der Waals surface area contributed by atoms with Crippen molar-refractivity contribution in [3.63, 3.8) is 0 Å². The topological polar surface area (TPSA) is 130 Å². The number of nitrogens with one attached hydrogen (secondary N) is 1. The standard InChI is InChI=1S/C20H19N3O6/c1-12-4-6-15-16(9-12)20(27)22(19(15)26)8-2-3-18(25)21-11-13-10-14(23(28)29)5-7-17(13)24/h4-7,9-10,24H,2-3,8,11H2,1H3,(H,21,25). The number of aryl methyl sites for hydroxylation is 1. The van der Waals surface area contributed by atoms with Gasteiger partial charge in [0.25, 0.3) is 17.5 Å². The van der Waals surface area contributed by atoms with Crippen molar-refractivity contribution >= 4 is 23.4 Å². The lowest BCUT2D eigenvalue weighted by Crippen LogP contribution is -2.32. The van der Waals surface area contributed by atoms with E-state index in [9.17, 15) is 29.6 Å². The maximum absolute atomic E-state index is 12.4. The van der Waals surface area contributed by atoms with Crippen molar-refractivity contribution in [2.24, 2.45) is 0 Å². The second kappa shape index (κ2) is 8.09. The zero-order valence-electron chi connectivity index (χ0n) is 15.7. The monoisotopic (exact) mass is 397 g/mol. The molecule has 3 amide bonds. The number of rotatable bonds is 7. The Kier molecular flexibility index (Phi) is 5.58. The highest BCUT2D eigenvalue weighted by atomic mass is 16.6. The van der Waals surface area contributed by atoms with Crippen molar-refractivity contribution in [1.29, 1.82) is 0 Å². The molecule has 0 spiro atoms. The highest BCUT2D eigenvalue weighted by molar-refractivity contribution is 6.21. The van der Waals surface area contributed by atoms with Crippen molar-refractivity contribution in [1.82, 2.24) is 10.2 Å². The maximum Gasteiger partial charge on any atom is 0.270 e. The fourth-order valence-corrected chi connectivity index (χ4v) is 3.11. The van der Waals surface area contributed by atoms with Gasteiger partial charge in [0.2, 0.25) is 5.91 Å². The SMILES string of the molecule is Cc1ccc2c(c1)C(=O)N(CCCC(=O)NCc1cc([N+](=O)[O-])ccc1O)C2=O. The summed E-state index contributed by atoms with van der Waals surface area (Å²) in [5.41, 5.74) is 1.67. The largest absolute Gasteiger partial charge is 0.508 e. The molecule has 29 heavy (non-hydrogen) atoms. The number of aromatic hydroxyl groups is 1. The van der Waals surface area contributed by atoms with Crippen LogP contribution >= 0.6 is 0 Å². The highest BCUT2D eigenvalue weighted by Gasteiger charge is 2.34. The summed E-state index contributed by atoms with van der Waals surface area (Å²) in [5.74, 6) is -1.25. The number of hydrogen-bond acceptors (Lipinski definition) is 6. The van der Waals surface area contributed by atoms with Crippen LogP contribution in [0.2, 0.25) is 0 Å². The number of nitrogens with zero attached hydrogens (tertiary/aromatic N) is 2. The molecule has 0 saturated carbocycles. The predicted molar refractivity (Wildman–Crippen MR) is 102 cm³/mol. The second-order valence-corrected chi connectivity index (χ2v) is 6.76. The number of phenolic OH excluding ortho intramolecular Hbond substituents is 1. The molecule has 0 aromatic heterocycles. The number of carbonyl (C=O) groups is 3. The number of amides is 3. The van der Waals surface area contributed by atoms with Crippen LogP contribution in [0.5, 0.6) is 5.75 Å². The quantitative estimate of drug-likeness (QED) is 0.419. The van der Waals surface area contributed by atoms with Gasteiger partial charge in [-0.15, -0.1) is 0 Å². The van der Waals surface area contributed by atoms with Gasteiger partial charge in [0.15, 0.2) is 0 Å². The minimum absolute atomic E-state index is 0.0577. The first kappa shape index (κ1) is 20.0. The molecule has 3 rings (SSSR count). The van der Waals surface area contributed by atoms with Gasteiger partial charge in [-0.3, -0.25) is 29.4 Å². The van der Waals surface area contributed by atoms with E-state index in [0.717, 1.165) is 10.5 Å². The van der Waals surface area contributed by atoms with E-state index in [0.29, 0.717) is 11.1 Å². The van der Waals surface area contributed by atoms with E-state index >= 15 is 0 Å². The van der Waals surface area contributed by atoms with Crippen molar-refractivity contribution in [3.8, 4) is 5.75 Å². The Labute approximate surface area is 166 Å². The molecule has 1 aliphatic rings. The van der Waals surface area contributed by atoms with Crippen LogP contribution in [0.3, 0.4) is 0 Å². The lowest BCUT2D eigenvalue weighted by atomic mass is 10.1. The molecule has 1 aliphatic heterocycles. The van der Waals surface area contributed by atoms with E-state index in [2.05, 4.69) is 5.32 Å². The van der Waals surface area contributed by atoms with Gasteiger partial charge < -0.3 is 10.4 Å². The van der Waals surface area contributed by atoms with Gasteiger partial charge in [-0.25, -0.2) is 0 Å². The van der Waals surface area contributed by atoms with Gasteiger partial charge in [0, 0.05) is 37.2 Å². The molecular weight excluding hydrogens is 378 g/mol. The van der Waals surface area contributed by atoms with Crippen LogP contribution in [0.1, 0.15) is 44.7 Å². The summed E-state index contributed by atoms with van der Waals surface area (Å²) in [6, 6.07) is 8.63. The lowest BCUT2D eigenvalue weighted by Gasteiger charge is -2.13. The number of hydrogen-bond donors (Lipinski definition) is 2. The zero-order chi connectivity index (χ0) is 21.1. The van der Waals surface area contributed by atoms with Gasteiger partial charge in [0.1, 0.15) is 5.75 Å². The van der Waals surface area contributed by atoms with Crippen LogP contribution < -0.4 is 5.32 Å². The van der Waals surface area contributed by atoms with E-state index in [4.69, 9.17) is 0 Å². The van der Waals surface area contributed by atoms with Crippen molar-refractivity contribution in [2.75, 3.05) is 6.54 Å². The number of nitro groups is 1. The molecule has 2 N–H and O–H groups in total. The Balaban J connectivity index is 1.51. The van der Waals surface area contributed by atoms with Crippen LogP contribution in [-0.2, 0) is 11.3 Å². The van der Waals surface area contributed by atoms with Crippen molar-refractivity contribution in [3.05, 3.63) is 68.8 Å². The lowest BCUT2D eigenvalue weighted by molar-refractivity contribution is -0.384. The number of carbonyl (C=O) groups excluding carboxylic acids is 3. The third-order valence-electron chi connectivity index (χ3n) is 4.66. The zero-order valence-corrected chi connectivity index (χ0v) is 15.7. The minimum Gasteiger partial charge on any atom is -0.508 e. The third-order valence-corrected chi connectivity index (χ3v) is 4.66. The Morgan fingerprint density at radius 2 is 1.86 bits per heavy atom. The number of imide groups is 1. The van der Waals surface area contributed by atoms with Crippen LogP contribution in [0, 0.1) is 17.0 Å². The summed E-state index contributed by atoms with van der Waals surface area (Å²) in [4.78, 5) is 48.1. The number of benzene rings is 2. The molecule has 0 atom stereocenters. The number of phenols is 1. The third kappa shape index (κ3) is 4.23. The molecule has 0 fully saturated rings. The molecule has 0 bridgehead atoms. The minimum atomic E-state index is -0.589. The van der Waals surface area contributed by atoms with Gasteiger partial charge >= 0.3 is 0 Å². The van der Waals surface area contributed by atoms with E-state index in [1.807, 2.05) is 6.92 Å². The van der Waals surface area contributed by atoms with Crippen molar-refractivity contribution in [2.45, 2.75) is 26.3 Å². The second-order valence-electron chi connectivity index (χ2n) is 6.76. The average molecular weight is 397 g/mol. The summed E-state index contributed by atoms with van der Waals surface area (Å²) in [6.07, 6.45) is 0.333. The molecule has 150 valence electrons. The fraction of sp³-hybridized carbons (Fsp3) is 0.250. The van der Waals surface area contributed by atoms with Crippen LogP contribution in [0.15, 0.2) is 36.4 Å². The molecule has 2 aromatic carbocycles. The molecule has 0 radical (unpaired) electrons. The van der Waals surface area contributed by atoms with Crippen LogP contribution in [0.4, 0.5) is 5.69 Å². The first-order valence-electron chi connectivity index (χ1n) is 8.97. The first-order valence-corrected chi connectivity index (χ1v) is 8.97. The molecule has 0 saturated heterocycles. The highest BCUT2D eigenvalue weighted by Crippen LogP contribution is 2.24. The van der Waals surface area contributed by atoms with Crippen LogP contribution in [0.25, 0.3) is 0 Å². The predicted octanol–water partition coefficient (Wildman–Crippen LogP) is 2.30. The Hall–Kier alpha value is -3.75. The maximum atomic E-state index is 12.4. The summed E-state index contributed by atoms with van der Waals surface area (Å²) in [6.45, 7) is 1.88. The number of fused-ring (bicyclic) bond motifs is 1. The number of non-ortho nitro benzene ring substituents is 1. The van der Waals surface area contributed by atoms with Gasteiger partial charge in [0.05, 0.1) is 16.1 Å². The van der Waals surface area contributed by atoms with Crippen LogP contribution in [-0.4, -0.2) is 39.2 Å². The van der Waals surface area contributed by atoms with E-state index in [-0.39, 0.29) is 60.7 Å². The molecule has 9 heteroatoms. The van der Waals surface area contributed by atoms with Crippen molar-refractivity contribution < 1.29 is 24.4 Å². The Morgan fingerprint density at radius 1 is 1.14 bits per heavy atom. The molecule has 2 aromatic rings. The molecule has 9 nitrogen and oxygen atoms in total. The summed E-state index contributed by atoms with van der Waals surface area (Å²) in [7, 11) is 0. The Bertz CT molecular complexity index is 1020. The Morgan fingerprint density at radius 3 is 2.59 bits per heavy atom. The van der Waals surface area contributed by atoms with E-state index in [1.165, 1.54) is 18.2 Å². The normalized spacial score (nSPS) is 12.8. The number of nitro benzene ring substituents is 1. The fourth-order valence-electron chi connectivity index (χ4n) is 3.11. The molecule has 0 aliphatic carbocycles. The summed E-state index contributed by atoms with van der Waals surface area (Å²) >= 11 is 0. The van der Waals surface area contributed by atoms with Gasteiger partial charge in [-0.2, -0.15) is 0 Å². The molecular formula is C20H19N3O6. The average Bonchev–Trinajstić information content (AvgIpc) is 2.91.